The maximum absolute atomic E-state index is 14.4. The molecule has 0 aromatic heterocycles. The maximum atomic E-state index is 14.4. The number of amides is 2. The minimum atomic E-state index is -2.33. The van der Waals surface area contributed by atoms with Gasteiger partial charge in [0, 0.05) is 0 Å². The van der Waals surface area contributed by atoms with Crippen LogP contribution in [-0.2, 0) is 14.0 Å². The number of rotatable bonds is 9. The Morgan fingerprint density at radius 3 is 1.80 bits per heavy atom. The van der Waals surface area contributed by atoms with Crippen LogP contribution in [0.15, 0.2) is 30.3 Å². The van der Waals surface area contributed by atoms with Gasteiger partial charge in [0.1, 0.15) is 12.6 Å². The highest BCUT2D eigenvalue weighted by atomic mass is 28.4. The Morgan fingerprint density at radius 2 is 1.38 bits per heavy atom. The van der Waals surface area contributed by atoms with E-state index >= 15 is 0 Å². The SMILES string of the molecule is CC(C)[Si](O[C@H]([C@H]1[C@H](N2C(=O)OC[C@@H]2c2ccccc2)C(=O)N1[Si](C)(C)C(C)(C)C)C(C)(C)C)(C(C)C)C(C)C. The Hall–Kier alpha value is -1.65. The molecular weight excluding hydrogens is 533 g/mol. The predicted molar refractivity (Wildman–Crippen MR) is 169 cm³/mol. The van der Waals surface area contributed by atoms with Crippen molar-refractivity contribution in [2.24, 2.45) is 5.41 Å². The van der Waals surface area contributed by atoms with E-state index in [0.29, 0.717) is 16.6 Å². The highest BCUT2D eigenvalue weighted by Gasteiger charge is 2.66. The smallest absolute Gasteiger partial charge is 0.411 e. The van der Waals surface area contributed by atoms with E-state index in [1.807, 2.05) is 30.3 Å². The molecule has 0 unspecified atom stereocenters. The first-order valence-electron chi connectivity index (χ1n) is 15.2. The van der Waals surface area contributed by atoms with Crippen molar-refractivity contribution >= 4 is 28.6 Å². The van der Waals surface area contributed by atoms with E-state index in [2.05, 4.69) is 101 Å². The topological polar surface area (TPSA) is 59.1 Å². The fourth-order valence-corrected chi connectivity index (χ4v) is 15.3. The van der Waals surface area contributed by atoms with Gasteiger partial charge in [-0.3, -0.25) is 9.69 Å². The molecule has 3 rings (SSSR count). The summed E-state index contributed by atoms with van der Waals surface area (Å²) in [5, 5.41) is -0.0542. The number of ether oxygens (including phenoxy) is 1. The Balaban J connectivity index is 2.23. The van der Waals surface area contributed by atoms with Crippen molar-refractivity contribution in [2.75, 3.05) is 6.61 Å². The first kappa shape index (κ1) is 32.9. The summed E-state index contributed by atoms with van der Waals surface area (Å²) in [6.45, 7) is 32.1. The quantitative estimate of drug-likeness (QED) is 0.215. The van der Waals surface area contributed by atoms with E-state index in [0.717, 1.165) is 5.56 Å². The molecule has 2 aliphatic heterocycles. The molecule has 2 fully saturated rings. The maximum Gasteiger partial charge on any atom is 0.411 e. The predicted octanol–water partition coefficient (Wildman–Crippen LogP) is 8.37. The fraction of sp³-hybridized carbons (Fsp3) is 0.750. The monoisotopic (exact) mass is 588 g/mol. The molecule has 4 atom stereocenters. The van der Waals surface area contributed by atoms with Crippen molar-refractivity contribution in [1.29, 1.82) is 0 Å². The van der Waals surface area contributed by atoms with Gasteiger partial charge in [-0.25, -0.2) is 4.79 Å². The van der Waals surface area contributed by atoms with Gasteiger partial charge in [0.05, 0.1) is 18.2 Å². The Morgan fingerprint density at radius 1 is 0.875 bits per heavy atom. The Kier molecular flexibility index (Phi) is 9.21. The second-order valence-electron chi connectivity index (χ2n) is 15.6. The van der Waals surface area contributed by atoms with Crippen LogP contribution in [0.1, 0.15) is 94.7 Å². The van der Waals surface area contributed by atoms with Gasteiger partial charge in [0.2, 0.25) is 14.2 Å². The van der Waals surface area contributed by atoms with Crippen molar-refractivity contribution in [1.82, 2.24) is 9.47 Å². The van der Waals surface area contributed by atoms with Crippen molar-refractivity contribution in [2.45, 2.75) is 142 Å². The number of carbonyl (C=O) groups excluding carboxylic acids is 2. The zero-order valence-corrected chi connectivity index (χ0v) is 29.7. The highest BCUT2D eigenvalue weighted by molar-refractivity contribution is 6.80. The lowest BCUT2D eigenvalue weighted by atomic mass is 9.78. The van der Waals surface area contributed by atoms with Gasteiger partial charge in [-0.15, -0.1) is 0 Å². The second kappa shape index (κ2) is 11.2. The summed E-state index contributed by atoms with van der Waals surface area (Å²) in [4.78, 5) is 29.6. The van der Waals surface area contributed by atoms with Crippen molar-refractivity contribution in [3.8, 4) is 0 Å². The molecule has 226 valence electrons. The van der Waals surface area contributed by atoms with E-state index in [4.69, 9.17) is 9.16 Å². The van der Waals surface area contributed by atoms with E-state index in [9.17, 15) is 9.59 Å². The lowest BCUT2D eigenvalue weighted by molar-refractivity contribution is -0.160. The molecule has 6 nitrogen and oxygen atoms in total. The number of β-lactam (4-membered cyclic amide) rings is 1. The van der Waals surface area contributed by atoms with Crippen LogP contribution in [0, 0.1) is 5.41 Å². The lowest BCUT2D eigenvalue weighted by Gasteiger charge is -2.64. The summed E-state index contributed by atoms with van der Waals surface area (Å²) in [7, 11) is -4.65. The van der Waals surface area contributed by atoms with Gasteiger partial charge in [-0.2, -0.15) is 0 Å². The zero-order chi connectivity index (χ0) is 30.6. The molecule has 0 N–H and O–H groups in total. The molecule has 8 heteroatoms. The van der Waals surface area contributed by atoms with Crippen LogP contribution >= 0.6 is 0 Å². The normalized spacial score (nSPS) is 23.8. The number of hydrogen-bond acceptors (Lipinski definition) is 4. The largest absolute Gasteiger partial charge is 0.447 e. The lowest BCUT2D eigenvalue weighted by Crippen LogP contribution is -2.83. The highest BCUT2D eigenvalue weighted by Crippen LogP contribution is 2.52. The molecule has 1 aromatic carbocycles. The molecule has 1 aromatic rings. The second-order valence-corrected chi connectivity index (χ2v) is 26.1. The molecule has 2 aliphatic rings. The molecule has 0 aliphatic carbocycles. The van der Waals surface area contributed by atoms with Gasteiger partial charge >= 0.3 is 6.09 Å². The molecule has 0 bridgehead atoms. The summed E-state index contributed by atoms with van der Waals surface area (Å²) in [6, 6.07) is 8.82. The zero-order valence-electron chi connectivity index (χ0n) is 27.7. The summed E-state index contributed by atoms with van der Waals surface area (Å²) in [6.07, 6.45) is -0.632. The summed E-state index contributed by atoms with van der Waals surface area (Å²) in [5.74, 6) is 0.0418. The molecule has 2 amide bonds. The van der Waals surface area contributed by atoms with Crippen molar-refractivity contribution < 1.29 is 18.8 Å². The Labute approximate surface area is 246 Å². The molecule has 0 spiro atoms. The molecule has 40 heavy (non-hydrogen) atoms. The summed E-state index contributed by atoms with van der Waals surface area (Å²) >= 11 is 0. The van der Waals surface area contributed by atoms with Crippen LogP contribution in [0.3, 0.4) is 0 Å². The third-order valence-electron chi connectivity index (χ3n) is 10.1. The molecular formula is C32H56N2O4Si2. The van der Waals surface area contributed by atoms with E-state index in [1.54, 1.807) is 4.90 Å². The number of cyclic esters (lactones) is 1. The average molecular weight is 589 g/mol. The molecule has 2 heterocycles. The fourth-order valence-electron chi connectivity index (χ4n) is 7.15. The molecule has 2 saturated heterocycles. The van der Waals surface area contributed by atoms with E-state index in [-0.39, 0.29) is 41.2 Å². The molecule has 0 radical (unpaired) electrons. The minimum absolute atomic E-state index is 0.0418. The Bertz CT molecular complexity index is 1040. The average Bonchev–Trinajstić information content (AvgIpc) is 3.17. The first-order chi connectivity index (χ1) is 18.2. The van der Waals surface area contributed by atoms with Gasteiger partial charge < -0.3 is 13.7 Å². The van der Waals surface area contributed by atoms with Gasteiger partial charge in [-0.05, 0) is 32.6 Å². The van der Waals surface area contributed by atoms with Crippen LogP contribution in [0.4, 0.5) is 4.79 Å². The minimum Gasteiger partial charge on any atom is -0.447 e. The third-order valence-corrected chi connectivity index (χ3v) is 21.6. The summed E-state index contributed by atoms with van der Waals surface area (Å²) < 4.78 is 15.5. The molecule has 0 saturated carbocycles. The summed E-state index contributed by atoms with van der Waals surface area (Å²) in [5.41, 5.74) is 1.95. The van der Waals surface area contributed by atoms with Crippen LogP contribution in [0.5, 0.6) is 0 Å². The van der Waals surface area contributed by atoms with E-state index < -0.39 is 28.7 Å². The standard InChI is InChI=1S/C32H56N2O4Si2/c1-21(2)40(22(3)4,23(5)6)38-28(31(7,8)9)26-27(29(35)34(26)39(13,14)32(10,11)12)33-25(20-37-30(33)36)24-18-16-15-17-19-24/h15-19,21-23,25-28H,20H2,1-14H3/t25-,26-,27+,28-/m1/s1. The number of nitrogens with zero attached hydrogens (tertiary/aromatic N) is 2. The third kappa shape index (κ3) is 5.44. The van der Waals surface area contributed by atoms with Crippen molar-refractivity contribution in [3.05, 3.63) is 35.9 Å². The van der Waals surface area contributed by atoms with Crippen LogP contribution in [0.25, 0.3) is 0 Å². The number of carbonyl (C=O) groups is 2. The van der Waals surface area contributed by atoms with Crippen LogP contribution < -0.4 is 0 Å². The van der Waals surface area contributed by atoms with Gasteiger partial charge in [0.25, 0.3) is 0 Å². The first-order valence-corrected chi connectivity index (χ1v) is 20.3. The van der Waals surface area contributed by atoms with E-state index in [1.165, 1.54) is 0 Å². The van der Waals surface area contributed by atoms with Crippen LogP contribution in [-0.4, -0.2) is 62.8 Å². The number of benzene rings is 1. The van der Waals surface area contributed by atoms with Gasteiger partial charge in [-0.1, -0.05) is 127 Å². The number of hydrogen-bond donors (Lipinski definition) is 0. The van der Waals surface area contributed by atoms with Gasteiger partial charge in [0.15, 0.2) is 8.24 Å². The van der Waals surface area contributed by atoms with Crippen molar-refractivity contribution in [3.63, 3.8) is 0 Å². The van der Waals surface area contributed by atoms with Crippen LogP contribution in [0.2, 0.25) is 34.8 Å².